The first kappa shape index (κ1) is 20.8. The van der Waals surface area contributed by atoms with Gasteiger partial charge in [-0.3, -0.25) is 0 Å². The van der Waals surface area contributed by atoms with Crippen LogP contribution in [-0.2, 0) is 0 Å². The minimum absolute atomic E-state index is 0.0487. The summed E-state index contributed by atoms with van der Waals surface area (Å²) in [5.74, 6) is 0. The number of nitriles is 1. The maximum Gasteiger partial charge on any atom is 0.136 e. The van der Waals surface area contributed by atoms with Crippen LogP contribution in [0.2, 0.25) is 0 Å². The van der Waals surface area contributed by atoms with Gasteiger partial charge < -0.3 is 15.5 Å². The molecule has 0 amide bonds. The monoisotopic (exact) mass is 453 g/mol. The minimum atomic E-state index is -0.0487. The fraction of sp³-hybridized carbons (Fsp3) is 0.0645. The molecule has 0 spiro atoms. The van der Waals surface area contributed by atoms with Gasteiger partial charge in [0.2, 0.25) is 0 Å². The van der Waals surface area contributed by atoms with Gasteiger partial charge in [-0.25, -0.2) is 0 Å². The van der Waals surface area contributed by atoms with E-state index >= 15 is 0 Å². The lowest BCUT2D eigenvalue weighted by Crippen LogP contribution is -2.29. The van der Waals surface area contributed by atoms with E-state index in [1.54, 1.807) is 0 Å². The summed E-state index contributed by atoms with van der Waals surface area (Å²) in [5, 5.41) is 19.9. The molecule has 1 aromatic heterocycles. The first-order chi connectivity index (χ1) is 17.2. The number of dihydropyridines is 1. The summed E-state index contributed by atoms with van der Waals surface area (Å²) >= 11 is 0. The predicted molar refractivity (Wildman–Crippen MR) is 144 cm³/mol. The number of fused-ring (bicyclic) bond motifs is 7. The molecule has 0 saturated carbocycles. The van der Waals surface area contributed by atoms with Crippen molar-refractivity contribution in [3.05, 3.63) is 114 Å². The van der Waals surface area contributed by atoms with Crippen LogP contribution < -0.4 is 11.1 Å². The number of nitrogens with one attached hydrogen (secondary N) is 1. The Morgan fingerprint density at radius 2 is 1.71 bits per heavy atom. The van der Waals surface area contributed by atoms with Crippen molar-refractivity contribution >= 4 is 49.2 Å². The molecular formula is C31H23N3O. The number of allylic oxidation sites excluding steroid dienone is 4. The number of nitrogens with zero attached hydrogens (tertiary/aromatic N) is 1. The zero-order valence-electron chi connectivity index (χ0n) is 19.2. The summed E-state index contributed by atoms with van der Waals surface area (Å²) in [6.45, 7) is 2.00. The molecule has 4 heteroatoms. The lowest BCUT2D eigenvalue weighted by Gasteiger charge is -2.24. The summed E-state index contributed by atoms with van der Waals surface area (Å²) in [5.41, 5.74) is 10.9. The quantitative estimate of drug-likeness (QED) is 0.226. The molecule has 5 aromatic rings. The molecule has 35 heavy (non-hydrogen) atoms. The second-order valence-electron chi connectivity index (χ2n) is 8.81. The maximum atomic E-state index is 9.25. The van der Waals surface area contributed by atoms with Gasteiger partial charge in [0.1, 0.15) is 17.2 Å². The highest BCUT2D eigenvalue weighted by Gasteiger charge is 2.20. The molecule has 4 aromatic carbocycles. The largest absolute Gasteiger partial charge is 0.456 e. The van der Waals surface area contributed by atoms with Gasteiger partial charge >= 0.3 is 0 Å². The van der Waals surface area contributed by atoms with Crippen molar-refractivity contribution in [2.45, 2.75) is 13.0 Å². The van der Waals surface area contributed by atoms with Gasteiger partial charge in [-0.1, -0.05) is 66.7 Å². The fourth-order valence-corrected chi connectivity index (χ4v) is 5.04. The van der Waals surface area contributed by atoms with Gasteiger partial charge in [-0.2, -0.15) is 5.26 Å². The number of furan rings is 1. The topological polar surface area (TPSA) is 75.0 Å². The van der Waals surface area contributed by atoms with Crippen LogP contribution in [0.25, 0.3) is 49.2 Å². The lowest BCUT2D eigenvalue weighted by molar-refractivity contribution is 0.669. The molecule has 0 fully saturated rings. The van der Waals surface area contributed by atoms with Crippen molar-refractivity contribution in [3.8, 4) is 6.07 Å². The van der Waals surface area contributed by atoms with Crippen molar-refractivity contribution in [3.63, 3.8) is 0 Å². The van der Waals surface area contributed by atoms with Gasteiger partial charge in [0.25, 0.3) is 0 Å². The van der Waals surface area contributed by atoms with E-state index in [1.807, 2.05) is 13.0 Å². The molecule has 4 nitrogen and oxygen atoms in total. The Balaban J connectivity index is 1.55. The average molecular weight is 454 g/mol. The van der Waals surface area contributed by atoms with E-state index in [9.17, 15) is 5.26 Å². The standard InChI is InChI=1S/C31H23N3O/c1-19(15-20(17-32)18-33)26-11-6-12-27(34-26)25-16-29-31(24-10-5-4-9-23(24)25)30-22-8-3-2-7-21(22)13-14-28(30)35-29/h2-17,26,34H,32H2,1H3/b19-15+,20-17+. The zero-order valence-corrected chi connectivity index (χ0v) is 19.2. The van der Waals surface area contributed by atoms with Crippen LogP contribution in [-0.4, -0.2) is 6.04 Å². The van der Waals surface area contributed by atoms with Gasteiger partial charge in [0.15, 0.2) is 0 Å². The highest BCUT2D eigenvalue weighted by atomic mass is 16.3. The third kappa shape index (κ3) is 3.37. The molecular weight excluding hydrogens is 430 g/mol. The second kappa shape index (κ2) is 8.23. The Labute approximate surface area is 202 Å². The molecule has 3 N–H and O–H groups in total. The van der Waals surface area contributed by atoms with E-state index in [2.05, 4.69) is 96.3 Å². The summed E-state index contributed by atoms with van der Waals surface area (Å²) < 4.78 is 6.41. The molecule has 1 aliphatic rings. The first-order valence-electron chi connectivity index (χ1n) is 11.6. The van der Waals surface area contributed by atoms with Crippen LogP contribution in [0, 0.1) is 11.3 Å². The fourth-order valence-electron chi connectivity index (χ4n) is 5.04. The number of hydrogen-bond donors (Lipinski definition) is 2. The molecule has 0 saturated heterocycles. The summed E-state index contributed by atoms with van der Waals surface area (Å²) in [7, 11) is 0. The highest BCUT2D eigenvalue weighted by Crippen LogP contribution is 2.41. The molecule has 0 bridgehead atoms. The van der Waals surface area contributed by atoms with E-state index in [1.165, 1.54) is 17.0 Å². The van der Waals surface area contributed by atoms with E-state index in [0.29, 0.717) is 5.57 Å². The predicted octanol–water partition coefficient (Wildman–Crippen LogP) is 7.07. The summed E-state index contributed by atoms with van der Waals surface area (Å²) in [6, 6.07) is 25.3. The Kier molecular flexibility index (Phi) is 4.90. The number of rotatable bonds is 3. The van der Waals surface area contributed by atoms with E-state index in [-0.39, 0.29) is 6.04 Å². The lowest BCUT2D eigenvalue weighted by atomic mass is 9.94. The van der Waals surface area contributed by atoms with E-state index in [4.69, 9.17) is 10.2 Å². The molecule has 6 rings (SSSR count). The van der Waals surface area contributed by atoms with Crippen molar-refractivity contribution < 1.29 is 4.42 Å². The summed E-state index contributed by atoms with van der Waals surface area (Å²) in [4.78, 5) is 0. The Morgan fingerprint density at radius 3 is 2.51 bits per heavy atom. The smallest absolute Gasteiger partial charge is 0.136 e. The number of benzene rings is 4. The third-order valence-corrected chi connectivity index (χ3v) is 6.72. The third-order valence-electron chi connectivity index (χ3n) is 6.72. The Bertz CT molecular complexity index is 1810. The minimum Gasteiger partial charge on any atom is -0.456 e. The number of hydrogen-bond acceptors (Lipinski definition) is 4. The van der Waals surface area contributed by atoms with Gasteiger partial charge in [0, 0.05) is 28.2 Å². The molecule has 1 aliphatic heterocycles. The van der Waals surface area contributed by atoms with Crippen molar-refractivity contribution in [2.75, 3.05) is 0 Å². The zero-order chi connectivity index (χ0) is 23.9. The molecule has 168 valence electrons. The Morgan fingerprint density at radius 1 is 0.971 bits per heavy atom. The molecule has 0 aliphatic carbocycles. The SMILES string of the molecule is C/C(=C\C(C#N)=C/N)C1C=CC=C(c2cc3oc4ccc5ccccc5c4c3c3ccccc23)N1. The average Bonchev–Trinajstić information content (AvgIpc) is 3.30. The molecule has 2 heterocycles. The van der Waals surface area contributed by atoms with Gasteiger partial charge in [-0.15, -0.1) is 0 Å². The van der Waals surface area contributed by atoms with Gasteiger partial charge in [-0.05, 0) is 58.3 Å². The van der Waals surface area contributed by atoms with Crippen LogP contribution in [0.3, 0.4) is 0 Å². The van der Waals surface area contributed by atoms with Crippen LogP contribution in [0.15, 0.2) is 113 Å². The first-order valence-corrected chi connectivity index (χ1v) is 11.6. The van der Waals surface area contributed by atoms with Crippen LogP contribution in [0.5, 0.6) is 0 Å². The maximum absolute atomic E-state index is 9.25. The van der Waals surface area contributed by atoms with Crippen molar-refractivity contribution in [1.82, 2.24) is 5.32 Å². The molecule has 0 radical (unpaired) electrons. The van der Waals surface area contributed by atoms with Crippen molar-refractivity contribution in [2.24, 2.45) is 5.73 Å². The Hall–Kier alpha value is -4.75. The van der Waals surface area contributed by atoms with Crippen molar-refractivity contribution in [1.29, 1.82) is 5.26 Å². The van der Waals surface area contributed by atoms with Gasteiger partial charge in [0.05, 0.1) is 11.6 Å². The van der Waals surface area contributed by atoms with Crippen LogP contribution in [0.1, 0.15) is 12.5 Å². The van der Waals surface area contributed by atoms with E-state index in [0.717, 1.165) is 49.5 Å². The number of nitrogens with two attached hydrogens (primary N) is 1. The summed E-state index contributed by atoms with van der Waals surface area (Å²) in [6.07, 6.45) is 9.36. The molecule has 1 unspecified atom stereocenters. The molecule has 1 atom stereocenters. The van der Waals surface area contributed by atoms with E-state index < -0.39 is 0 Å². The van der Waals surface area contributed by atoms with Crippen LogP contribution in [0.4, 0.5) is 0 Å². The second-order valence-corrected chi connectivity index (χ2v) is 8.81. The van der Waals surface area contributed by atoms with Crippen LogP contribution >= 0.6 is 0 Å². The highest BCUT2D eigenvalue weighted by molar-refractivity contribution is 6.27. The normalized spacial score (nSPS) is 16.6.